The van der Waals surface area contributed by atoms with Gasteiger partial charge in [0, 0.05) is 18.7 Å². The molecule has 8 nitrogen and oxygen atoms in total. The second kappa shape index (κ2) is 10.1. The molecular formula is C19H25F3N4O4S. The summed E-state index contributed by atoms with van der Waals surface area (Å²) in [5.74, 6) is 0.0819. The fourth-order valence-corrected chi connectivity index (χ4v) is 3.11. The number of aryl methyl sites for hydroxylation is 2. The SMILES string of the molecule is CCCCCOc1nc(CC)c(-c2ccc(OS(=O)(=O)C(F)(F)F)nc2C)nc1NC. The lowest BCUT2D eigenvalue weighted by Gasteiger charge is -2.15. The Morgan fingerprint density at radius 3 is 2.35 bits per heavy atom. The fourth-order valence-electron chi connectivity index (χ4n) is 2.69. The Bertz CT molecular complexity index is 1010. The lowest BCUT2D eigenvalue weighted by Crippen LogP contribution is -2.28. The van der Waals surface area contributed by atoms with Crippen LogP contribution < -0.4 is 14.2 Å². The van der Waals surface area contributed by atoms with Gasteiger partial charge in [-0.3, -0.25) is 0 Å². The summed E-state index contributed by atoms with van der Waals surface area (Å²) < 4.78 is 69.9. The molecule has 12 heteroatoms. The highest BCUT2D eigenvalue weighted by atomic mass is 32.2. The van der Waals surface area contributed by atoms with Gasteiger partial charge in [0.15, 0.2) is 5.82 Å². The van der Waals surface area contributed by atoms with Gasteiger partial charge in [0.05, 0.1) is 23.7 Å². The van der Waals surface area contributed by atoms with Crippen molar-refractivity contribution >= 4 is 15.9 Å². The second-order valence-corrected chi connectivity index (χ2v) is 8.14. The van der Waals surface area contributed by atoms with Gasteiger partial charge in [0.2, 0.25) is 5.88 Å². The van der Waals surface area contributed by atoms with Crippen LogP contribution in [0.2, 0.25) is 0 Å². The molecule has 0 fully saturated rings. The van der Waals surface area contributed by atoms with Crippen molar-refractivity contribution < 1.29 is 30.5 Å². The second-order valence-electron chi connectivity index (χ2n) is 6.60. The van der Waals surface area contributed by atoms with Crippen molar-refractivity contribution in [2.75, 3.05) is 19.0 Å². The third kappa shape index (κ3) is 5.96. The van der Waals surface area contributed by atoms with E-state index in [-0.39, 0.29) is 5.69 Å². The topological polar surface area (TPSA) is 103 Å². The molecule has 0 atom stereocenters. The van der Waals surface area contributed by atoms with Gasteiger partial charge in [-0.2, -0.15) is 21.6 Å². The molecule has 0 saturated carbocycles. The van der Waals surface area contributed by atoms with Crippen molar-refractivity contribution in [1.82, 2.24) is 15.0 Å². The highest BCUT2D eigenvalue weighted by molar-refractivity contribution is 7.87. The minimum Gasteiger partial charge on any atom is -0.475 e. The summed E-state index contributed by atoms with van der Waals surface area (Å²) in [6, 6.07) is 2.44. The molecule has 172 valence electrons. The number of alkyl halides is 3. The monoisotopic (exact) mass is 462 g/mol. The van der Waals surface area contributed by atoms with Crippen molar-refractivity contribution in [2.24, 2.45) is 0 Å². The standard InChI is InChI=1S/C19H25F3N4O4S/c1-5-7-8-11-29-18-17(23-4)26-16(14(6-2)25-18)13-9-10-15(24-12(13)3)30-31(27,28)19(20,21)22/h9-10H,5-8,11H2,1-4H3,(H,23,26). The van der Waals surface area contributed by atoms with Crippen LogP contribution in [0.4, 0.5) is 19.0 Å². The molecule has 0 amide bonds. The summed E-state index contributed by atoms with van der Waals surface area (Å²) >= 11 is 0. The Morgan fingerprint density at radius 1 is 1.10 bits per heavy atom. The van der Waals surface area contributed by atoms with Crippen LogP contribution in [0.1, 0.15) is 44.5 Å². The zero-order valence-corrected chi connectivity index (χ0v) is 18.5. The predicted octanol–water partition coefficient (Wildman–Crippen LogP) is 4.25. The van der Waals surface area contributed by atoms with E-state index in [1.807, 2.05) is 6.92 Å². The molecular weight excluding hydrogens is 437 g/mol. The Balaban J connectivity index is 2.39. The van der Waals surface area contributed by atoms with Crippen LogP contribution in [0.25, 0.3) is 11.3 Å². The number of unbranched alkanes of at least 4 members (excludes halogenated alkanes) is 2. The van der Waals surface area contributed by atoms with Crippen molar-refractivity contribution in [3.05, 3.63) is 23.5 Å². The first-order valence-corrected chi connectivity index (χ1v) is 11.1. The number of halogens is 3. The van der Waals surface area contributed by atoms with E-state index in [0.717, 1.165) is 25.3 Å². The molecule has 0 aromatic carbocycles. The number of aromatic nitrogens is 3. The number of nitrogens with one attached hydrogen (secondary N) is 1. The molecule has 0 bridgehead atoms. The highest BCUT2D eigenvalue weighted by Crippen LogP contribution is 2.32. The van der Waals surface area contributed by atoms with Gasteiger partial charge >= 0.3 is 15.6 Å². The summed E-state index contributed by atoms with van der Waals surface area (Å²) in [7, 11) is -4.14. The van der Waals surface area contributed by atoms with Gasteiger partial charge in [0.1, 0.15) is 0 Å². The average molecular weight is 462 g/mol. The van der Waals surface area contributed by atoms with E-state index >= 15 is 0 Å². The number of hydrogen-bond donors (Lipinski definition) is 1. The summed E-state index contributed by atoms with van der Waals surface area (Å²) in [5, 5.41) is 2.93. The molecule has 2 aromatic rings. The number of nitrogens with zero attached hydrogens (tertiary/aromatic N) is 3. The quantitative estimate of drug-likeness (QED) is 0.318. The zero-order valence-electron chi connectivity index (χ0n) is 17.7. The van der Waals surface area contributed by atoms with Gasteiger partial charge in [-0.25, -0.2) is 15.0 Å². The molecule has 0 spiro atoms. The van der Waals surface area contributed by atoms with Gasteiger partial charge in [-0.05, 0) is 25.8 Å². The molecule has 0 aliphatic carbocycles. The van der Waals surface area contributed by atoms with Crippen LogP contribution in [0, 0.1) is 6.92 Å². The van der Waals surface area contributed by atoms with Crippen LogP contribution in [-0.4, -0.2) is 42.5 Å². The number of anilines is 1. The van der Waals surface area contributed by atoms with Gasteiger partial charge in [-0.1, -0.05) is 26.7 Å². The number of hydrogen-bond acceptors (Lipinski definition) is 8. The largest absolute Gasteiger partial charge is 0.534 e. The average Bonchev–Trinajstić information content (AvgIpc) is 2.70. The Hall–Kier alpha value is -2.63. The first-order valence-electron chi connectivity index (χ1n) is 9.74. The normalized spacial score (nSPS) is 12.0. The lowest BCUT2D eigenvalue weighted by molar-refractivity contribution is -0.0501. The summed E-state index contributed by atoms with van der Waals surface area (Å²) in [5.41, 5.74) is -3.77. The third-order valence-electron chi connectivity index (χ3n) is 4.29. The molecule has 0 aliphatic rings. The maximum absolute atomic E-state index is 12.5. The van der Waals surface area contributed by atoms with Gasteiger partial charge in [0.25, 0.3) is 5.88 Å². The fraction of sp³-hybridized carbons (Fsp3) is 0.526. The van der Waals surface area contributed by atoms with E-state index < -0.39 is 21.5 Å². The first-order chi connectivity index (χ1) is 14.5. The first kappa shape index (κ1) is 24.6. The molecule has 2 rings (SSSR count). The number of rotatable bonds is 10. The van der Waals surface area contributed by atoms with Crippen LogP contribution >= 0.6 is 0 Å². The molecule has 1 N–H and O–H groups in total. The lowest BCUT2D eigenvalue weighted by atomic mass is 10.1. The Morgan fingerprint density at radius 2 is 1.81 bits per heavy atom. The molecule has 0 radical (unpaired) electrons. The van der Waals surface area contributed by atoms with Gasteiger partial charge in [-0.15, -0.1) is 0 Å². The van der Waals surface area contributed by atoms with Crippen molar-refractivity contribution in [1.29, 1.82) is 0 Å². The summed E-state index contributed by atoms with van der Waals surface area (Å²) in [6.07, 6.45) is 3.49. The van der Waals surface area contributed by atoms with Gasteiger partial charge < -0.3 is 14.2 Å². The molecule has 0 saturated heterocycles. The maximum atomic E-state index is 12.5. The predicted molar refractivity (Wildman–Crippen MR) is 110 cm³/mol. The maximum Gasteiger partial charge on any atom is 0.534 e. The zero-order chi connectivity index (χ0) is 23.2. The summed E-state index contributed by atoms with van der Waals surface area (Å²) in [4.78, 5) is 12.9. The molecule has 2 aromatic heterocycles. The minimum atomic E-state index is -5.80. The van der Waals surface area contributed by atoms with Crippen molar-refractivity contribution in [3.8, 4) is 23.0 Å². The van der Waals surface area contributed by atoms with E-state index in [0.29, 0.717) is 41.7 Å². The van der Waals surface area contributed by atoms with Crippen molar-refractivity contribution in [3.63, 3.8) is 0 Å². The third-order valence-corrected chi connectivity index (χ3v) is 5.25. The van der Waals surface area contributed by atoms with Crippen LogP contribution in [-0.2, 0) is 16.5 Å². The molecule has 0 unspecified atom stereocenters. The van der Waals surface area contributed by atoms with Crippen LogP contribution in [0.15, 0.2) is 12.1 Å². The van der Waals surface area contributed by atoms with Crippen LogP contribution in [0.3, 0.4) is 0 Å². The van der Waals surface area contributed by atoms with Crippen molar-refractivity contribution in [2.45, 2.75) is 52.0 Å². The number of ether oxygens (including phenoxy) is 1. The van der Waals surface area contributed by atoms with E-state index in [4.69, 9.17) is 4.74 Å². The minimum absolute atomic E-state index is 0.234. The Labute approximate surface area is 179 Å². The van der Waals surface area contributed by atoms with E-state index in [2.05, 4.69) is 31.4 Å². The van der Waals surface area contributed by atoms with E-state index in [1.54, 1.807) is 7.05 Å². The highest BCUT2D eigenvalue weighted by Gasteiger charge is 2.48. The Kier molecular flexibility index (Phi) is 8.04. The number of pyridine rings is 1. The molecule has 31 heavy (non-hydrogen) atoms. The molecule has 0 aliphatic heterocycles. The van der Waals surface area contributed by atoms with E-state index in [1.165, 1.54) is 13.0 Å². The van der Waals surface area contributed by atoms with E-state index in [9.17, 15) is 21.6 Å². The summed E-state index contributed by atoms with van der Waals surface area (Å²) in [6.45, 7) is 5.98. The van der Waals surface area contributed by atoms with Crippen LogP contribution in [0.5, 0.6) is 11.8 Å². The smallest absolute Gasteiger partial charge is 0.475 e. The molecule has 2 heterocycles.